The molecule has 0 aliphatic carbocycles. The molecule has 0 saturated carbocycles. The van der Waals surface area contributed by atoms with Gasteiger partial charge in [-0.05, 0) is 44.2 Å². The average Bonchev–Trinajstić information content (AvgIpc) is 3.34. The summed E-state index contributed by atoms with van der Waals surface area (Å²) in [6, 6.07) is 19.0. The van der Waals surface area contributed by atoms with Gasteiger partial charge >= 0.3 is 0 Å². The van der Waals surface area contributed by atoms with Crippen LogP contribution < -0.4 is 4.90 Å². The molecule has 3 aromatic carbocycles. The summed E-state index contributed by atoms with van der Waals surface area (Å²) >= 11 is 0. The first-order valence-electron chi connectivity index (χ1n) is 12.1. The predicted molar refractivity (Wildman–Crippen MR) is 138 cm³/mol. The van der Waals surface area contributed by atoms with Gasteiger partial charge in [-0.15, -0.1) is 10.2 Å². The Kier molecular flexibility index (Phi) is 5.55. The van der Waals surface area contributed by atoms with Crippen molar-refractivity contribution < 1.29 is 13.6 Å². The second kappa shape index (κ2) is 8.92. The molecule has 186 valence electrons. The molecule has 1 aliphatic rings. The maximum Gasteiger partial charge on any atom is 0.260 e. The summed E-state index contributed by atoms with van der Waals surface area (Å²) in [5, 5.41) is 9.94. The molecule has 2 aromatic heterocycles. The minimum atomic E-state index is -0.857. The summed E-state index contributed by atoms with van der Waals surface area (Å²) in [5.41, 5.74) is 2.98. The Labute approximate surface area is 212 Å². The van der Waals surface area contributed by atoms with Gasteiger partial charge in [0.25, 0.3) is 5.91 Å². The summed E-state index contributed by atoms with van der Waals surface area (Å²) in [5.74, 6) is -1.03. The highest BCUT2D eigenvalue weighted by Gasteiger charge is 2.33. The number of carbonyl (C=O) groups is 1. The number of amides is 1. The number of hydrogen-bond acceptors (Lipinski definition) is 5. The zero-order valence-corrected chi connectivity index (χ0v) is 20.4. The molecule has 1 amide bonds. The fourth-order valence-electron chi connectivity index (χ4n) is 5.04. The standard InChI is InChI=1S/C28H24F2N6O/c1-17-7-5-8-19(15-17)25-32-33-26-20-9-3-4-12-23(20)31-28(36(25)26)34-13-14-35(18(2)16-34)27(37)24-21(29)10-6-11-22(24)30/h3-12,15,18H,13-14,16H2,1-2H3. The number of aryl methyl sites for hydroxylation is 1. The third kappa shape index (κ3) is 3.87. The number of halogens is 2. The Hall–Kier alpha value is -4.40. The second-order valence-electron chi connectivity index (χ2n) is 9.37. The molecule has 1 aliphatic heterocycles. The highest BCUT2D eigenvalue weighted by Crippen LogP contribution is 2.30. The number of aromatic nitrogens is 4. The Bertz CT molecular complexity index is 1650. The SMILES string of the molecule is Cc1cccc(-c2nnc3c4ccccc4nc(N4CCN(C(=O)c5c(F)cccc5F)C(C)C4)n23)c1. The molecule has 7 nitrogen and oxygen atoms in total. The number of fused-ring (bicyclic) bond motifs is 3. The predicted octanol–water partition coefficient (Wildman–Crippen LogP) is 4.88. The highest BCUT2D eigenvalue weighted by molar-refractivity contribution is 5.95. The van der Waals surface area contributed by atoms with Crippen molar-refractivity contribution in [3.63, 3.8) is 0 Å². The molecular weight excluding hydrogens is 474 g/mol. The number of nitrogens with zero attached hydrogens (tertiary/aromatic N) is 6. The monoisotopic (exact) mass is 498 g/mol. The van der Waals surface area contributed by atoms with Crippen LogP contribution in [0.15, 0.2) is 66.7 Å². The molecule has 3 heterocycles. The van der Waals surface area contributed by atoms with Crippen molar-refractivity contribution >= 4 is 28.4 Å². The van der Waals surface area contributed by atoms with Gasteiger partial charge in [-0.3, -0.25) is 4.79 Å². The number of anilines is 1. The van der Waals surface area contributed by atoms with Crippen molar-refractivity contribution in [2.45, 2.75) is 19.9 Å². The fraction of sp³-hybridized carbons (Fsp3) is 0.214. The molecule has 5 aromatic rings. The van der Waals surface area contributed by atoms with Gasteiger partial charge in [-0.25, -0.2) is 18.2 Å². The second-order valence-corrected chi connectivity index (χ2v) is 9.37. The summed E-state index contributed by atoms with van der Waals surface area (Å²) in [7, 11) is 0. The lowest BCUT2D eigenvalue weighted by atomic mass is 10.1. The molecule has 0 radical (unpaired) electrons. The first-order chi connectivity index (χ1) is 17.9. The molecule has 9 heteroatoms. The van der Waals surface area contributed by atoms with Gasteiger partial charge in [-0.2, -0.15) is 0 Å². The Morgan fingerprint density at radius 3 is 2.46 bits per heavy atom. The quantitative estimate of drug-likeness (QED) is 0.355. The number of piperazine rings is 1. The van der Waals surface area contributed by atoms with Crippen molar-refractivity contribution in [1.29, 1.82) is 0 Å². The van der Waals surface area contributed by atoms with E-state index in [2.05, 4.69) is 21.2 Å². The Morgan fingerprint density at radius 1 is 0.946 bits per heavy atom. The van der Waals surface area contributed by atoms with Gasteiger partial charge in [0.1, 0.15) is 17.2 Å². The maximum absolute atomic E-state index is 14.3. The van der Waals surface area contributed by atoms with Crippen LogP contribution in [0.1, 0.15) is 22.8 Å². The van der Waals surface area contributed by atoms with E-state index >= 15 is 0 Å². The number of hydrogen-bond donors (Lipinski definition) is 0. The van der Waals surface area contributed by atoms with Crippen molar-refractivity contribution in [3.8, 4) is 11.4 Å². The first-order valence-corrected chi connectivity index (χ1v) is 12.1. The van der Waals surface area contributed by atoms with Crippen LogP contribution in [0.2, 0.25) is 0 Å². The van der Waals surface area contributed by atoms with Crippen molar-refractivity contribution in [3.05, 3.63) is 89.5 Å². The number of carbonyl (C=O) groups excluding carboxylic acids is 1. The normalized spacial score (nSPS) is 16.1. The van der Waals surface area contributed by atoms with Crippen molar-refractivity contribution in [1.82, 2.24) is 24.5 Å². The molecule has 37 heavy (non-hydrogen) atoms. The molecule has 0 spiro atoms. The van der Waals surface area contributed by atoms with Crippen LogP contribution >= 0.6 is 0 Å². The van der Waals surface area contributed by atoms with E-state index in [0.717, 1.165) is 34.2 Å². The van der Waals surface area contributed by atoms with E-state index in [1.54, 1.807) is 0 Å². The van der Waals surface area contributed by atoms with Crippen LogP contribution in [-0.2, 0) is 0 Å². The first kappa shape index (κ1) is 23.0. The topological polar surface area (TPSA) is 66.6 Å². The third-order valence-corrected chi connectivity index (χ3v) is 6.85. The average molecular weight is 499 g/mol. The molecule has 1 saturated heterocycles. The van der Waals surface area contributed by atoms with Crippen molar-refractivity contribution in [2.24, 2.45) is 0 Å². The van der Waals surface area contributed by atoms with E-state index in [1.807, 2.05) is 60.7 Å². The third-order valence-electron chi connectivity index (χ3n) is 6.85. The van der Waals surface area contributed by atoms with Crippen LogP contribution in [0.3, 0.4) is 0 Å². The zero-order valence-electron chi connectivity index (χ0n) is 20.4. The summed E-state index contributed by atoms with van der Waals surface area (Å²) < 4.78 is 30.6. The zero-order chi connectivity index (χ0) is 25.7. The van der Waals surface area contributed by atoms with Crippen molar-refractivity contribution in [2.75, 3.05) is 24.5 Å². The van der Waals surface area contributed by atoms with E-state index in [0.29, 0.717) is 30.5 Å². The highest BCUT2D eigenvalue weighted by atomic mass is 19.1. The molecule has 0 N–H and O–H groups in total. The van der Waals surface area contributed by atoms with Gasteiger partial charge in [-0.1, -0.05) is 42.0 Å². The Morgan fingerprint density at radius 2 is 1.70 bits per heavy atom. The molecule has 1 unspecified atom stereocenters. The summed E-state index contributed by atoms with van der Waals surface area (Å²) in [4.78, 5) is 21.7. The van der Waals surface area contributed by atoms with Gasteiger partial charge in [0.05, 0.1) is 5.52 Å². The molecule has 0 bridgehead atoms. The lowest BCUT2D eigenvalue weighted by Gasteiger charge is -2.40. The molecule has 6 rings (SSSR count). The summed E-state index contributed by atoms with van der Waals surface area (Å²) in [6.45, 7) is 5.03. The van der Waals surface area contributed by atoms with Gasteiger partial charge in [0, 0.05) is 36.6 Å². The number of benzene rings is 3. The van der Waals surface area contributed by atoms with Gasteiger partial charge in [0.15, 0.2) is 11.5 Å². The largest absolute Gasteiger partial charge is 0.338 e. The lowest BCUT2D eigenvalue weighted by Crippen LogP contribution is -2.55. The smallest absolute Gasteiger partial charge is 0.260 e. The lowest BCUT2D eigenvalue weighted by molar-refractivity contribution is 0.0663. The minimum absolute atomic E-state index is 0.283. The van der Waals surface area contributed by atoms with Crippen LogP contribution in [0, 0.1) is 18.6 Å². The minimum Gasteiger partial charge on any atom is -0.338 e. The summed E-state index contributed by atoms with van der Waals surface area (Å²) in [6.07, 6.45) is 0. The van der Waals surface area contributed by atoms with E-state index in [9.17, 15) is 13.6 Å². The van der Waals surface area contributed by atoms with Gasteiger partial charge in [0.2, 0.25) is 5.95 Å². The van der Waals surface area contributed by atoms with Crippen LogP contribution in [0.25, 0.3) is 27.9 Å². The van der Waals surface area contributed by atoms with E-state index in [4.69, 9.17) is 4.98 Å². The van der Waals surface area contributed by atoms with Crippen LogP contribution in [-0.4, -0.2) is 56.1 Å². The molecular formula is C28H24F2N6O. The number of rotatable bonds is 3. The molecule has 1 fully saturated rings. The van der Waals surface area contributed by atoms with E-state index in [-0.39, 0.29) is 12.6 Å². The maximum atomic E-state index is 14.3. The van der Waals surface area contributed by atoms with Crippen LogP contribution in [0.4, 0.5) is 14.7 Å². The Balaban J connectivity index is 1.42. The van der Waals surface area contributed by atoms with E-state index in [1.165, 1.54) is 11.0 Å². The van der Waals surface area contributed by atoms with Gasteiger partial charge < -0.3 is 9.80 Å². The van der Waals surface area contributed by atoms with E-state index < -0.39 is 23.1 Å². The van der Waals surface area contributed by atoms with Crippen LogP contribution in [0.5, 0.6) is 0 Å². The molecule has 1 atom stereocenters. The fourth-order valence-corrected chi connectivity index (χ4v) is 5.04. The number of para-hydroxylation sites is 1.